The van der Waals surface area contributed by atoms with Gasteiger partial charge in [0, 0.05) is 23.7 Å². The van der Waals surface area contributed by atoms with Crippen LogP contribution in [0.2, 0.25) is 0 Å². The second-order valence-corrected chi connectivity index (χ2v) is 5.73. The number of H-pyrrole nitrogens is 1. The Balaban J connectivity index is 1.66. The third-order valence-electron chi connectivity index (χ3n) is 4.30. The number of hydrogen-bond donors (Lipinski definition) is 1. The van der Waals surface area contributed by atoms with E-state index in [1.807, 2.05) is 17.7 Å². The average molecular weight is 298 g/mol. The topological polar surface area (TPSA) is 85.4 Å². The number of fused-ring (bicyclic) bond motifs is 1. The molecule has 7 heteroatoms. The van der Waals surface area contributed by atoms with Crippen molar-refractivity contribution in [1.82, 2.24) is 29.9 Å². The van der Waals surface area contributed by atoms with Gasteiger partial charge in [0.1, 0.15) is 0 Å². The Labute approximate surface area is 127 Å². The maximum Gasteiger partial charge on any atom is 0.278 e. The Morgan fingerprint density at radius 2 is 2.18 bits per heavy atom. The number of rotatable bonds is 3. The fourth-order valence-corrected chi connectivity index (χ4v) is 2.97. The SMILES string of the molecule is CC(c1noc(-c2n[nH]c3c2CCCCC3)n1)n1ccnc1. The molecular formula is C15H18N6O. The number of aromatic amines is 1. The maximum absolute atomic E-state index is 5.46. The normalized spacial score (nSPS) is 16.2. The number of hydrogen-bond acceptors (Lipinski definition) is 5. The third kappa shape index (κ3) is 2.22. The van der Waals surface area contributed by atoms with Crippen LogP contribution in [0.4, 0.5) is 0 Å². The molecule has 1 aliphatic carbocycles. The van der Waals surface area contributed by atoms with E-state index in [0.717, 1.165) is 18.5 Å². The maximum atomic E-state index is 5.46. The molecular weight excluding hydrogens is 280 g/mol. The van der Waals surface area contributed by atoms with Crippen LogP contribution in [0.25, 0.3) is 11.6 Å². The Morgan fingerprint density at radius 1 is 1.27 bits per heavy atom. The van der Waals surface area contributed by atoms with E-state index in [1.165, 1.54) is 30.5 Å². The zero-order valence-corrected chi connectivity index (χ0v) is 12.5. The van der Waals surface area contributed by atoms with Crippen molar-refractivity contribution in [3.63, 3.8) is 0 Å². The molecule has 1 atom stereocenters. The fourth-order valence-electron chi connectivity index (χ4n) is 2.97. The zero-order valence-electron chi connectivity index (χ0n) is 12.5. The quantitative estimate of drug-likeness (QED) is 0.751. The highest BCUT2D eigenvalue weighted by atomic mass is 16.5. The van der Waals surface area contributed by atoms with E-state index in [9.17, 15) is 0 Å². The van der Waals surface area contributed by atoms with Crippen LogP contribution in [-0.4, -0.2) is 29.9 Å². The molecule has 114 valence electrons. The first kappa shape index (κ1) is 13.2. The van der Waals surface area contributed by atoms with Crippen LogP contribution in [0, 0.1) is 0 Å². The smallest absolute Gasteiger partial charge is 0.278 e. The number of nitrogens with zero attached hydrogens (tertiary/aromatic N) is 5. The molecule has 0 spiro atoms. The summed E-state index contributed by atoms with van der Waals surface area (Å²) in [5.41, 5.74) is 3.27. The molecule has 3 aromatic rings. The van der Waals surface area contributed by atoms with Gasteiger partial charge >= 0.3 is 0 Å². The second-order valence-electron chi connectivity index (χ2n) is 5.73. The molecule has 0 fully saturated rings. The lowest BCUT2D eigenvalue weighted by Crippen LogP contribution is -2.06. The van der Waals surface area contributed by atoms with E-state index in [0.29, 0.717) is 11.7 Å². The minimum Gasteiger partial charge on any atom is -0.332 e. The highest BCUT2D eigenvalue weighted by Gasteiger charge is 2.23. The van der Waals surface area contributed by atoms with Crippen molar-refractivity contribution >= 4 is 0 Å². The van der Waals surface area contributed by atoms with Crippen LogP contribution in [0.5, 0.6) is 0 Å². The standard InChI is InChI=1S/C15H18N6O/c1-10(21-8-7-16-9-21)14-17-15(22-20-14)13-11-5-3-2-4-6-12(11)18-19-13/h7-10H,2-6H2,1H3,(H,18,19). The molecule has 0 bridgehead atoms. The summed E-state index contributed by atoms with van der Waals surface area (Å²) in [6.07, 6.45) is 11.1. The number of aromatic nitrogens is 6. The summed E-state index contributed by atoms with van der Waals surface area (Å²) in [5.74, 6) is 1.14. The number of aryl methyl sites for hydroxylation is 1. The van der Waals surface area contributed by atoms with Crippen molar-refractivity contribution < 1.29 is 4.52 Å². The van der Waals surface area contributed by atoms with Gasteiger partial charge in [0.15, 0.2) is 11.5 Å². The molecule has 3 heterocycles. The van der Waals surface area contributed by atoms with Gasteiger partial charge in [-0.1, -0.05) is 11.6 Å². The van der Waals surface area contributed by atoms with Crippen molar-refractivity contribution in [1.29, 1.82) is 0 Å². The highest BCUT2D eigenvalue weighted by Crippen LogP contribution is 2.28. The lowest BCUT2D eigenvalue weighted by Gasteiger charge is -2.06. The van der Waals surface area contributed by atoms with E-state index >= 15 is 0 Å². The molecule has 0 amide bonds. The van der Waals surface area contributed by atoms with E-state index in [4.69, 9.17) is 4.52 Å². The van der Waals surface area contributed by atoms with E-state index in [1.54, 1.807) is 12.5 Å². The van der Waals surface area contributed by atoms with Gasteiger partial charge in [-0.15, -0.1) is 0 Å². The molecule has 0 saturated carbocycles. The molecule has 1 unspecified atom stereocenters. The van der Waals surface area contributed by atoms with Gasteiger partial charge in [-0.05, 0) is 32.6 Å². The summed E-state index contributed by atoms with van der Waals surface area (Å²) in [4.78, 5) is 8.59. The molecule has 0 radical (unpaired) electrons. The molecule has 4 rings (SSSR count). The fraction of sp³-hybridized carbons (Fsp3) is 0.467. The molecule has 0 aliphatic heterocycles. The van der Waals surface area contributed by atoms with Crippen LogP contribution >= 0.6 is 0 Å². The molecule has 22 heavy (non-hydrogen) atoms. The van der Waals surface area contributed by atoms with Crippen LogP contribution < -0.4 is 0 Å². The molecule has 0 saturated heterocycles. The minimum atomic E-state index is -0.0162. The Morgan fingerprint density at radius 3 is 3.05 bits per heavy atom. The summed E-state index contributed by atoms with van der Waals surface area (Å²) in [6, 6.07) is -0.0162. The van der Waals surface area contributed by atoms with Crippen molar-refractivity contribution in [2.75, 3.05) is 0 Å². The van der Waals surface area contributed by atoms with Gasteiger partial charge in [0.2, 0.25) is 0 Å². The molecule has 3 aromatic heterocycles. The first-order valence-electron chi connectivity index (χ1n) is 7.70. The number of nitrogens with one attached hydrogen (secondary N) is 1. The average Bonchev–Trinajstić information content (AvgIpc) is 3.25. The monoisotopic (exact) mass is 298 g/mol. The summed E-state index contributed by atoms with van der Waals surface area (Å²) in [5, 5.41) is 11.7. The third-order valence-corrected chi connectivity index (χ3v) is 4.30. The lowest BCUT2D eigenvalue weighted by molar-refractivity contribution is 0.411. The molecule has 1 N–H and O–H groups in total. The first-order valence-corrected chi connectivity index (χ1v) is 7.70. The highest BCUT2D eigenvalue weighted by molar-refractivity contribution is 5.54. The first-order chi connectivity index (χ1) is 10.8. The predicted molar refractivity (Wildman–Crippen MR) is 79.2 cm³/mol. The van der Waals surface area contributed by atoms with E-state index < -0.39 is 0 Å². The van der Waals surface area contributed by atoms with Crippen molar-refractivity contribution in [3.05, 3.63) is 35.8 Å². The van der Waals surface area contributed by atoms with E-state index in [2.05, 4.69) is 25.3 Å². The minimum absolute atomic E-state index is 0.0162. The van der Waals surface area contributed by atoms with Crippen molar-refractivity contribution in [2.24, 2.45) is 0 Å². The Hall–Kier alpha value is -2.44. The Kier molecular flexibility index (Phi) is 3.25. The predicted octanol–water partition coefficient (Wildman–Crippen LogP) is 2.53. The zero-order chi connectivity index (χ0) is 14.9. The van der Waals surface area contributed by atoms with Gasteiger partial charge in [0.05, 0.1) is 12.4 Å². The molecule has 0 aromatic carbocycles. The summed E-state index contributed by atoms with van der Waals surface area (Å²) in [6.45, 7) is 2.02. The van der Waals surface area contributed by atoms with Gasteiger partial charge in [-0.3, -0.25) is 5.10 Å². The summed E-state index contributed by atoms with van der Waals surface area (Å²) < 4.78 is 7.40. The largest absolute Gasteiger partial charge is 0.332 e. The molecule has 1 aliphatic rings. The van der Waals surface area contributed by atoms with Gasteiger partial charge in [0.25, 0.3) is 5.89 Å². The van der Waals surface area contributed by atoms with E-state index in [-0.39, 0.29) is 6.04 Å². The van der Waals surface area contributed by atoms with Crippen LogP contribution in [0.1, 0.15) is 49.3 Å². The van der Waals surface area contributed by atoms with Crippen LogP contribution in [0.15, 0.2) is 23.2 Å². The second kappa shape index (κ2) is 5.40. The summed E-state index contributed by atoms with van der Waals surface area (Å²) in [7, 11) is 0. The van der Waals surface area contributed by atoms with Gasteiger partial charge in [-0.25, -0.2) is 4.98 Å². The number of imidazole rings is 1. The Bertz CT molecular complexity index is 757. The van der Waals surface area contributed by atoms with Gasteiger partial charge in [-0.2, -0.15) is 10.1 Å². The van der Waals surface area contributed by atoms with Crippen LogP contribution in [-0.2, 0) is 12.8 Å². The van der Waals surface area contributed by atoms with Crippen LogP contribution in [0.3, 0.4) is 0 Å². The van der Waals surface area contributed by atoms with Gasteiger partial charge < -0.3 is 9.09 Å². The lowest BCUT2D eigenvalue weighted by atomic mass is 10.1. The summed E-state index contributed by atoms with van der Waals surface area (Å²) >= 11 is 0. The van der Waals surface area contributed by atoms with Crippen molar-refractivity contribution in [2.45, 2.75) is 45.1 Å². The molecule has 7 nitrogen and oxygen atoms in total. The van der Waals surface area contributed by atoms with Crippen molar-refractivity contribution in [3.8, 4) is 11.6 Å².